The third kappa shape index (κ3) is 5.36. The fourth-order valence-electron chi connectivity index (χ4n) is 1.64. The maximum atomic E-state index is 11.6. The van der Waals surface area contributed by atoms with Crippen molar-refractivity contribution >= 4 is 11.7 Å². The first-order valence-corrected chi connectivity index (χ1v) is 6.38. The molecule has 110 valence electrons. The van der Waals surface area contributed by atoms with E-state index in [2.05, 4.69) is 5.32 Å². The van der Waals surface area contributed by atoms with E-state index < -0.39 is 10.5 Å². The second kappa shape index (κ2) is 6.47. The molecule has 0 bridgehead atoms. The molecule has 0 spiro atoms. The molecule has 0 saturated heterocycles. The number of nitro groups is 1. The van der Waals surface area contributed by atoms with E-state index in [1.54, 1.807) is 32.9 Å². The van der Waals surface area contributed by atoms with E-state index in [0.717, 1.165) is 5.56 Å². The molecule has 0 aromatic heterocycles. The molecule has 0 radical (unpaired) electrons. The van der Waals surface area contributed by atoms with Crippen molar-refractivity contribution in [3.8, 4) is 0 Å². The minimum absolute atomic E-state index is 0.0356. The lowest BCUT2D eigenvalue weighted by molar-refractivity contribution is -0.384. The van der Waals surface area contributed by atoms with Crippen LogP contribution >= 0.6 is 0 Å². The van der Waals surface area contributed by atoms with Crippen molar-refractivity contribution in [1.82, 2.24) is 5.32 Å². The largest absolute Gasteiger partial charge is 0.459 e. The van der Waals surface area contributed by atoms with Gasteiger partial charge in [-0.25, -0.2) is 0 Å². The van der Waals surface area contributed by atoms with E-state index in [0.29, 0.717) is 0 Å². The van der Waals surface area contributed by atoms with Crippen LogP contribution in [0.5, 0.6) is 0 Å². The number of nitrogens with one attached hydrogen (secondary N) is 1. The van der Waals surface area contributed by atoms with E-state index in [4.69, 9.17) is 4.74 Å². The quantitative estimate of drug-likeness (QED) is 0.509. The van der Waals surface area contributed by atoms with Gasteiger partial charge in [-0.1, -0.05) is 12.1 Å². The van der Waals surface area contributed by atoms with Crippen LogP contribution in [0.2, 0.25) is 0 Å². The Hall–Kier alpha value is -1.95. The molecule has 20 heavy (non-hydrogen) atoms. The van der Waals surface area contributed by atoms with E-state index >= 15 is 0 Å². The Balaban J connectivity index is 2.59. The Bertz CT molecular complexity index is 494. The molecular weight excluding hydrogens is 260 g/mol. The molecule has 0 aliphatic carbocycles. The molecule has 0 aliphatic rings. The normalized spacial score (nSPS) is 12.8. The number of benzene rings is 1. The highest BCUT2D eigenvalue weighted by Crippen LogP contribution is 2.18. The van der Waals surface area contributed by atoms with Crippen molar-refractivity contribution in [2.75, 3.05) is 6.54 Å². The molecule has 1 atom stereocenters. The Labute approximate surface area is 118 Å². The van der Waals surface area contributed by atoms with Crippen molar-refractivity contribution in [1.29, 1.82) is 0 Å². The number of non-ortho nitro benzene ring substituents is 1. The van der Waals surface area contributed by atoms with Gasteiger partial charge in [0.15, 0.2) is 0 Å². The maximum Gasteiger partial charge on any atom is 0.320 e. The number of hydrogen-bond donors (Lipinski definition) is 1. The number of carbonyl (C=O) groups excluding carboxylic acids is 1. The molecule has 0 aliphatic heterocycles. The van der Waals surface area contributed by atoms with Gasteiger partial charge in [-0.15, -0.1) is 0 Å². The first-order chi connectivity index (χ1) is 9.19. The summed E-state index contributed by atoms with van der Waals surface area (Å²) in [6.45, 7) is 7.29. The number of ether oxygens (including phenoxy) is 1. The fourth-order valence-corrected chi connectivity index (χ4v) is 1.64. The fraction of sp³-hybridized carbons (Fsp3) is 0.500. The standard InChI is InChI=1S/C14H20N2O4/c1-10(15-9-13(17)20-14(2,3)4)11-6-5-7-12(8-11)16(18)19/h5-8,10,15H,9H2,1-4H3. The summed E-state index contributed by atoms with van der Waals surface area (Å²) >= 11 is 0. The summed E-state index contributed by atoms with van der Waals surface area (Å²) in [4.78, 5) is 21.8. The van der Waals surface area contributed by atoms with Crippen LogP contribution in [-0.2, 0) is 9.53 Å². The van der Waals surface area contributed by atoms with E-state index in [9.17, 15) is 14.9 Å². The summed E-state index contributed by atoms with van der Waals surface area (Å²) in [5.74, 6) is -0.352. The van der Waals surface area contributed by atoms with E-state index in [1.165, 1.54) is 12.1 Å². The van der Waals surface area contributed by atoms with Crippen LogP contribution in [0.1, 0.15) is 39.3 Å². The first-order valence-electron chi connectivity index (χ1n) is 6.38. The molecular formula is C14H20N2O4. The van der Waals surface area contributed by atoms with Crippen LogP contribution < -0.4 is 5.32 Å². The second-order valence-corrected chi connectivity index (χ2v) is 5.54. The van der Waals surface area contributed by atoms with Crippen LogP contribution in [0.15, 0.2) is 24.3 Å². The predicted molar refractivity (Wildman–Crippen MR) is 75.4 cm³/mol. The number of nitro benzene ring substituents is 1. The summed E-state index contributed by atoms with van der Waals surface area (Å²) in [6.07, 6.45) is 0. The topological polar surface area (TPSA) is 81.5 Å². The van der Waals surface area contributed by atoms with Crippen LogP contribution in [0.3, 0.4) is 0 Å². The average molecular weight is 280 g/mol. The zero-order valence-electron chi connectivity index (χ0n) is 12.2. The Morgan fingerprint density at radius 2 is 2.10 bits per heavy atom. The van der Waals surface area contributed by atoms with E-state index in [1.807, 2.05) is 6.92 Å². The lowest BCUT2D eigenvalue weighted by Gasteiger charge is -2.20. The SMILES string of the molecule is CC(NCC(=O)OC(C)(C)C)c1cccc([N+](=O)[O-])c1. The lowest BCUT2D eigenvalue weighted by atomic mass is 10.1. The maximum absolute atomic E-state index is 11.6. The van der Waals surface area contributed by atoms with Gasteiger partial charge in [0.2, 0.25) is 0 Å². The van der Waals surface area contributed by atoms with Gasteiger partial charge in [0.05, 0.1) is 11.5 Å². The van der Waals surface area contributed by atoms with Crippen LogP contribution in [0.25, 0.3) is 0 Å². The molecule has 1 unspecified atom stereocenters. The third-order valence-electron chi connectivity index (χ3n) is 2.55. The van der Waals surface area contributed by atoms with Crippen molar-refractivity contribution < 1.29 is 14.5 Å². The third-order valence-corrected chi connectivity index (χ3v) is 2.55. The predicted octanol–water partition coefficient (Wildman–Crippen LogP) is 2.59. The van der Waals surface area contributed by atoms with E-state index in [-0.39, 0.29) is 24.2 Å². The summed E-state index contributed by atoms with van der Waals surface area (Å²) in [5.41, 5.74) is 0.268. The summed E-state index contributed by atoms with van der Waals surface area (Å²) < 4.78 is 5.18. The highest BCUT2D eigenvalue weighted by Gasteiger charge is 2.17. The smallest absolute Gasteiger partial charge is 0.320 e. The van der Waals surface area contributed by atoms with Gasteiger partial charge in [0.1, 0.15) is 5.60 Å². The minimum Gasteiger partial charge on any atom is -0.459 e. The molecule has 0 amide bonds. The number of hydrogen-bond acceptors (Lipinski definition) is 5. The van der Waals surface area contributed by atoms with Gasteiger partial charge in [-0.05, 0) is 33.3 Å². The molecule has 1 rings (SSSR count). The first kappa shape index (κ1) is 16.1. The Morgan fingerprint density at radius 3 is 2.65 bits per heavy atom. The van der Waals surface area contributed by atoms with Crippen molar-refractivity contribution in [3.63, 3.8) is 0 Å². The van der Waals surface area contributed by atoms with Gasteiger partial charge >= 0.3 is 5.97 Å². The average Bonchev–Trinajstić information content (AvgIpc) is 2.34. The van der Waals surface area contributed by atoms with Crippen molar-refractivity contribution in [2.45, 2.75) is 39.3 Å². The molecule has 6 nitrogen and oxygen atoms in total. The zero-order chi connectivity index (χ0) is 15.3. The molecule has 0 saturated carbocycles. The molecule has 1 N–H and O–H groups in total. The van der Waals surface area contributed by atoms with Gasteiger partial charge < -0.3 is 10.1 Å². The van der Waals surface area contributed by atoms with Gasteiger partial charge in [0.25, 0.3) is 5.69 Å². The highest BCUT2D eigenvalue weighted by atomic mass is 16.6. The molecule has 0 heterocycles. The van der Waals surface area contributed by atoms with Crippen molar-refractivity contribution in [2.24, 2.45) is 0 Å². The monoisotopic (exact) mass is 280 g/mol. The highest BCUT2D eigenvalue weighted by molar-refractivity contribution is 5.72. The number of esters is 1. The minimum atomic E-state index is -0.520. The number of nitrogens with zero attached hydrogens (tertiary/aromatic N) is 1. The molecule has 1 aromatic rings. The second-order valence-electron chi connectivity index (χ2n) is 5.54. The molecule has 6 heteroatoms. The number of carbonyl (C=O) groups is 1. The number of rotatable bonds is 5. The lowest BCUT2D eigenvalue weighted by Crippen LogP contribution is -2.32. The Morgan fingerprint density at radius 1 is 1.45 bits per heavy atom. The van der Waals surface area contributed by atoms with Gasteiger partial charge in [0, 0.05) is 18.2 Å². The summed E-state index contributed by atoms with van der Waals surface area (Å²) in [6, 6.07) is 6.15. The van der Waals surface area contributed by atoms with Crippen molar-refractivity contribution in [3.05, 3.63) is 39.9 Å². The summed E-state index contributed by atoms with van der Waals surface area (Å²) in [7, 11) is 0. The molecule has 0 fully saturated rings. The van der Waals surface area contributed by atoms with Crippen LogP contribution in [0, 0.1) is 10.1 Å². The zero-order valence-corrected chi connectivity index (χ0v) is 12.2. The van der Waals surface area contributed by atoms with Crippen LogP contribution in [0.4, 0.5) is 5.69 Å². The molecule has 1 aromatic carbocycles. The van der Waals surface area contributed by atoms with Gasteiger partial charge in [-0.3, -0.25) is 14.9 Å². The van der Waals surface area contributed by atoms with Crippen LogP contribution in [-0.4, -0.2) is 23.0 Å². The summed E-state index contributed by atoms with van der Waals surface area (Å²) in [5, 5.41) is 13.7. The Kier molecular flexibility index (Phi) is 5.21. The van der Waals surface area contributed by atoms with Gasteiger partial charge in [-0.2, -0.15) is 0 Å².